The quantitative estimate of drug-likeness (QED) is 0.654. The molecule has 0 spiro atoms. The Morgan fingerprint density at radius 1 is 1.50 bits per heavy atom. The Hall–Kier alpha value is -0.830. The van der Waals surface area contributed by atoms with Crippen molar-refractivity contribution in [3.8, 4) is 0 Å². The van der Waals surface area contributed by atoms with Crippen LogP contribution in [0.1, 0.15) is 22.6 Å². The highest BCUT2D eigenvalue weighted by Gasteiger charge is 2.14. The molecule has 2 nitrogen and oxygen atoms in total. The molecule has 12 heavy (non-hydrogen) atoms. The molecular weight excluding hydrogens is 170 g/mol. The summed E-state index contributed by atoms with van der Waals surface area (Å²) in [5.41, 5.74) is 1.04. The molecule has 0 aromatic carbocycles. The van der Waals surface area contributed by atoms with E-state index in [1.54, 1.807) is 11.3 Å². The molecule has 0 aliphatic carbocycles. The smallest absolute Gasteiger partial charge is 0.224 e. The topological polar surface area (TPSA) is 29.1 Å². The number of aryl methyl sites for hydroxylation is 2. The van der Waals surface area contributed by atoms with E-state index < -0.39 is 0 Å². The van der Waals surface area contributed by atoms with Crippen LogP contribution in [0.5, 0.6) is 0 Å². The first-order valence-corrected chi connectivity index (χ1v) is 4.96. The second kappa shape index (κ2) is 2.90. The number of thiophene rings is 1. The monoisotopic (exact) mass is 181 g/mol. The van der Waals surface area contributed by atoms with E-state index in [2.05, 4.69) is 18.3 Å². The fourth-order valence-electron chi connectivity index (χ4n) is 1.48. The first-order chi connectivity index (χ1) is 5.75. The minimum atomic E-state index is 0.159. The molecule has 3 heteroatoms. The molecule has 1 aromatic rings. The number of nitrogens with one attached hydrogen (secondary N) is 1. The van der Waals surface area contributed by atoms with Gasteiger partial charge in [-0.25, -0.2) is 0 Å². The molecule has 1 amide bonds. The van der Waals surface area contributed by atoms with Gasteiger partial charge in [-0.1, -0.05) is 0 Å². The standard InChI is InChI=1S/C9H11NOS/c1-6-5-7-8(12-6)3-2-4-9(11)10-7/h5H,2-4H2,1H3,(H,10,11). The van der Waals surface area contributed by atoms with Gasteiger partial charge in [0, 0.05) is 16.2 Å². The number of carbonyl (C=O) groups is 1. The first kappa shape index (κ1) is 7.80. The number of carbonyl (C=O) groups excluding carboxylic acids is 1. The lowest BCUT2D eigenvalue weighted by molar-refractivity contribution is -0.116. The van der Waals surface area contributed by atoms with Crippen LogP contribution in [0.25, 0.3) is 0 Å². The third-order valence-corrected chi connectivity index (χ3v) is 3.12. The van der Waals surface area contributed by atoms with Crippen LogP contribution < -0.4 is 5.32 Å². The maximum Gasteiger partial charge on any atom is 0.224 e. The van der Waals surface area contributed by atoms with E-state index in [-0.39, 0.29) is 5.91 Å². The summed E-state index contributed by atoms with van der Waals surface area (Å²) in [4.78, 5) is 13.8. The van der Waals surface area contributed by atoms with Gasteiger partial charge in [0.1, 0.15) is 0 Å². The molecule has 1 aliphatic rings. The van der Waals surface area contributed by atoms with Gasteiger partial charge in [0.15, 0.2) is 0 Å². The summed E-state index contributed by atoms with van der Waals surface area (Å²) >= 11 is 1.79. The Kier molecular flexibility index (Phi) is 1.89. The number of hydrogen-bond acceptors (Lipinski definition) is 2. The van der Waals surface area contributed by atoms with Crippen LogP contribution >= 0.6 is 11.3 Å². The Morgan fingerprint density at radius 2 is 2.33 bits per heavy atom. The number of fused-ring (bicyclic) bond motifs is 1. The molecule has 0 bridgehead atoms. The van der Waals surface area contributed by atoms with Crippen LogP contribution in [-0.2, 0) is 11.2 Å². The van der Waals surface area contributed by atoms with Crippen molar-refractivity contribution in [1.82, 2.24) is 0 Å². The summed E-state index contributed by atoms with van der Waals surface area (Å²) in [6.45, 7) is 2.07. The van der Waals surface area contributed by atoms with Gasteiger partial charge in [0.25, 0.3) is 0 Å². The number of amides is 1. The van der Waals surface area contributed by atoms with Crippen LogP contribution in [0.15, 0.2) is 6.07 Å². The molecule has 2 rings (SSSR count). The van der Waals surface area contributed by atoms with Crippen molar-refractivity contribution in [3.05, 3.63) is 15.8 Å². The van der Waals surface area contributed by atoms with Crippen LogP contribution in [0.2, 0.25) is 0 Å². The zero-order valence-electron chi connectivity index (χ0n) is 7.02. The fraction of sp³-hybridized carbons (Fsp3) is 0.444. The third kappa shape index (κ3) is 1.37. The molecule has 1 aromatic heterocycles. The van der Waals surface area contributed by atoms with E-state index in [0.717, 1.165) is 18.5 Å². The van der Waals surface area contributed by atoms with Crippen molar-refractivity contribution < 1.29 is 4.79 Å². The van der Waals surface area contributed by atoms with Gasteiger partial charge in [-0.05, 0) is 25.8 Å². The molecule has 1 aliphatic heterocycles. The number of rotatable bonds is 0. The SMILES string of the molecule is Cc1cc2c(s1)CCCC(=O)N2. The van der Waals surface area contributed by atoms with Gasteiger partial charge in [-0.3, -0.25) is 4.79 Å². The zero-order chi connectivity index (χ0) is 8.55. The second-order valence-corrected chi connectivity index (χ2v) is 4.44. The number of anilines is 1. The van der Waals surface area contributed by atoms with Gasteiger partial charge in [0.05, 0.1) is 5.69 Å². The summed E-state index contributed by atoms with van der Waals surface area (Å²) in [7, 11) is 0. The highest BCUT2D eigenvalue weighted by Crippen LogP contribution is 2.30. The van der Waals surface area contributed by atoms with Crippen LogP contribution in [0.4, 0.5) is 5.69 Å². The summed E-state index contributed by atoms with van der Waals surface area (Å²) < 4.78 is 0. The third-order valence-electron chi connectivity index (χ3n) is 2.01. The number of hydrogen-bond donors (Lipinski definition) is 1. The van der Waals surface area contributed by atoms with Crippen molar-refractivity contribution in [1.29, 1.82) is 0 Å². The highest BCUT2D eigenvalue weighted by atomic mass is 32.1. The van der Waals surface area contributed by atoms with Crippen molar-refractivity contribution >= 4 is 22.9 Å². The lowest BCUT2D eigenvalue weighted by atomic mass is 10.2. The molecule has 0 atom stereocenters. The summed E-state index contributed by atoms with van der Waals surface area (Å²) in [5.74, 6) is 0.159. The molecule has 0 saturated carbocycles. The fourth-order valence-corrected chi connectivity index (χ4v) is 2.51. The van der Waals surface area contributed by atoms with E-state index in [0.29, 0.717) is 6.42 Å². The summed E-state index contributed by atoms with van der Waals surface area (Å²) in [6, 6.07) is 2.06. The normalized spacial score (nSPS) is 16.6. The van der Waals surface area contributed by atoms with E-state index in [1.165, 1.54) is 9.75 Å². The highest BCUT2D eigenvalue weighted by molar-refractivity contribution is 7.12. The van der Waals surface area contributed by atoms with E-state index in [9.17, 15) is 4.79 Å². The molecule has 0 fully saturated rings. The Bertz CT molecular complexity index is 316. The minimum absolute atomic E-state index is 0.159. The van der Waals surface area contributed by atoms with Gasteiger partial charge >= 0.3 is 0 Å². The Labute approximate surface area is 75.6 Å². The molecular formula is C9H11NOS. The van der Waals surface area contributed by atoms with Gasteiger partial charge in [0.2, 0.25) is 5.91 Å². The van der Waals surface area contributed by atoms with E-state index >= 15 is 0 Å². The van der Waals surface area contributed by atoms with Crippen molar-refractivity contribution in [2.24, 2.45) is 0 Å². The van der Waals surface area contributed by atoms with Crippen molar-refractivity contribution in [2.45, 2.75) is 26.2 Å². The zero-order valence-corrected chi connectivity index (χ0v) is 7.83. The first-order valence-electron chi connectivity index (χ1n) is 4.15. The molecule has 64 valence electrons. The Morgan fingerprint density at radius 3 is 3.17 bits per heavy atom. The molecule has 1 N–H and O–H groups in total. The lowest BCUT2D eigenvalue weighted by Crippen LogP contribution is -2.08. The summed E-state index contributed by atoms with van der Waals surface area (Å²) in [5, 5.41) is 2.91. The van der Waals surface area contributed by atoms with Crippen LogP contribution in [0.3, 0.4) is 0 Å². The van der Waals surface area contributed by atoms with E-state index in [1.807, 2.05) is 0 Å². The average molecular weight is 181 g/mol. The van der Waals surface area contributed by atoms with Crippen molar-refractivity contribution in [3.63, 3.8) is 0 Å². The maximum atomic E-state index is 11.1. The summed E-state index contributed by atoms with van der Waals surface area (Å²) in [6.07, 6.45) is 2.70. The Balaban J connectivity index is 2.36. The van der Waals surface area contributed by atoms with Gasteiger partial charge in [-0.15, -0.1) is 11.3 Å². The predicted molar refractivity (Wildman–Crippen MR) is 50.6 cm³/mol. The lowest BCUT2D eigenvalue weighted by Gasteiger charge is -1.97. The largest absolute Gasteiger partial charge is 0.325 e. The van der Waals surface area contributed by atoms with Crippen LogP contribution in [0, 0.1) is 6.92 Å². The van der Waals surface area contributed by atoms with Gasteiger partial charge in [-0.2, -0.15) is 0 Å². The molecule has 0 radical (unpaired) electrons. The van der Waals surface area contributed by atoms with E-state index in [4.69, 9.17) is 0 Å². The minimum Gasteiger partial charge on any atom is -0.325 e. The van der Waals surface area contributed by atoms with Crippen molar-refractivity contribution in [2.75, 3.05) is 5.32 Å². The predicted octanol–water partition coefficient (Wildman–Crippen LogP) is 2.33. The molecule has 2 heterocycles. The van der Waals surface area contributed by atoms with Crippen LogP contribution in [-0.4, -0.2) is 5.91 Å². The van der Waals surface area contributed by atoms with Gasteiger partial charge < -0.3 is 5.32 Å². The average Bonchev–Trinajstić information content (AvgIpc) is 2.23. The molecule has 0 unspecified atom stereocenters. The second-order valence-electron chi connectivity index (χ2n) is 3.10. The molecule has 0 saturated heterocycles. The maximum absolute atomic E-state index is 11.1.